The molecule has 29 heavy (non-hydrogen) atoms. The van der Waals surface area contributed by atoms with Gasteiger partial charge < -0.3 is 20.1 Å². The van der Waals surface area contributed by atoms with E-state index in [9.17, 15) is 9.59 Å². The average molecular weight is 394 g/mol. The van der Waals surface area contributed by atoms with Crippen LogP contribution in [-0.4, -0.2) is 18.1 Å². The van der Waals surface area contributed by atoms with Crippen molar-refractivity contribution in [3.05, 3.63) is 70.9 Å². The summed E-state index contributed by atoms with van der Waals surface area (Å²) in [6.45, 7) is 7.47. The fraction of sp³-hybridized carbons (Fsp3) is 0.304. The Hall–Kier alpha value is -3.28. The first kappa shape index (κ1) is 20.5. The molecule has 1 atom stereocenters. The number of ether oxygens (including phenoxy) is 2. The van der Waals surface area contributed by atoms with Gasteiger partial charge >= 0.3 is 12.0 Å². The normalized spacial score (nSPS) is 16.3. The Kier molecular flexibility index (Phi) is 6.22. The summed E-state index contributed by atoms with van der Waals surface area (Å²) in [7, 11) is 0. The van der Waals surface area contributed by atoms with Crippen LogP contribution in [0.25, 0.3) is 0 Å². The predicted molar refractivity (Wildman–Crippen MR) is 111 cm³/mol. The minimum absolute atomic E-state index is 0.253. The van der Waals surface area contributed by atoms with Crippen LogP contribution in [0.1, 0.15) is 44.4 Å². The Balaban J connectivity index is 1.89. The minimum Gasteiger partial charge on any atom is -0.459 e. The molecule has 0 bridgehead atoms. The first-order valence-electron chi connectivity index (χ1n) is 9.74. The van der Waals surface area contributed by atoms with Gasteiger partial charge in [0.25, 0.3) is 0 Å². The Morgan fingerprint density at radius 3 is 2.41 bits per heavy atom. The lowest BCUT2D eigenvalue weighted by Crippen LogP contribution is -2.46. The fourth-order valence-corrected chi connectivity index (χ4v) is 3.19. The van der Waals surface area contributed by atoms with E-state index in [0.717, 1.165) is 16.9 Å². The van der Waals surface area contributed by atoms with Crippen molar-refractivity contribution in [2.75, 3.05) is 0 Å². The largest absolute Gasteiger partial charge is 0.459 e. The fourth-order valence-electron chi connectivity index (χ4n) is 3.19. The van der Waals surface area contributed by atoms with E-state index in [4.69, 9.17) is 9.47 Å². The van der Waals surface area contributed by atoms with E-state index in [1.165, 1.54) is 0 Å². The Bertz CT molecular complexity index is 932. The van der Waals surface area contributed by atoms with Gasteiger partial charge in [-0.15, -0.1) is 0 Å². The number of hydrogen-bond acceptors (Lipinski definition) is 4. The topological polar surface area (TPSA) is 76.7 Å². The van der Waals surface area contributed by atoms with Crippen molar-refractivity contribution in [1.82, 2.24) is 10.6 Å². The van der Waals surface area contributed by atoms with Gasteiger partial charge in [0.2, 0.25) is 0 Å². The van der Waals surface area contributed by atoms with Crippen molar-refractivity contribution in [2.45, 2.75) is 46.3 Å². The Morgan fingerprint density at radius 2 is 1.79 bits per heavy atom. The number of amides is 2. The highest BCUT2D eigenvalue weighted by atomic mass is 16.5. The van der Waals surface area contributed by atoms with E-state index >= 15 is 0 Å². The van der Waals surface area contributed by atoms with Crippen molar-refractivity contribution in [2.24, 2.45) is 0 Å². The molecule has 0 saturated heterocycles. The van der Waals surface area contributed by atoms with Crippen LogP contribution >= 0.6 is 0 Å². The highest BCUT2D eigenvalue weighted by Crippen LogP contribution is 2.31. The van der Waals surface area contributed by atoms with Crippen LogP contribution in [0.4, 0.5) is 4.79 Å². The standard InChI is InChI=1S/C23H26N2O4/c1-5-18-20(22(26)28-14(2)3)21(25-23(27)24-18)16-10-12-17(13-11-16)29-19-9-7-6-8-15(19)4/h6-14,21H,5H2,1-4H3,(H2,24,25,27). The molecule has 2 amide bonds. The molecule has 6 heteroatoms. The molecule has 2 aromatic carbocycles. The maximum absolute atomic E-state index is 12.7. The molecule has 1 aliphatic rings. The van der Waals surface area contributed by atoms with Gasteiger partial charge in [-0.3, -0.25) is 0 Å². The van der Waals surface area contributed by atoms with E-state index < -0.39 is 12.0 Å². The number of nitrogens with one attached hydrogen (secondary N) is 2. The van der Waals surface area contributed by atoms with Gasteiger partial charge in [-0.25, -0.2) is 9.59 Å². The number of carbonyl (C=O) groups excluding carboxylic acids is 2. The maximum atomic E-state index is 12.7. The zero-order chi connectivity index (χ0) is 21.0. The van der Waals surface area contributed by atoms with Gasteiger partial charge in [0.15, 0.2) is 0 Å². The Labute approximate surface area is 170 Å². The molecular weight excluding hydrogens is 368 g/mol. The van der Waals surface area contributed by atoms with Crippen LogP contribution in [0.5, 0.6) is 11.5 Å². The molecule has 2 N–H and O–H groups in total. The lowest BCUT2D eigenvalue weighted by Gasteiger charge is -2.29. The number of carbonyl (C=O) groups is 2. The summed E-state index contributed by atoms with van der Waals surface area (Å²) in [5, 5.41) is 5.55. The van der Waals surface area contributed by atoms with Gasteiger partial charge in [-0.05, 0) is 56.5 Å². The maximum Gasteiger partial charge on any atom is 0.338 e. The number of aryl methyl sites for hydroxylation is 1. The summed E-state index contributed by atoms with van der Waals surface area (Å²) in [5.74, 6) is 1.02. The summed E-state index contributed by atoms with van der Waals surface area (Å²) < 4.78 is 11.4. The minimum atomic E-state index is -0.586. The molecule has 0 fully saturated rings. The number of hydrogen-bond donors (Lipinski definition) is 2. The summed E-state index contributed by atoms with van der Waals surface area (Å²) in [5.41, 5.74) is 2.81. The van der Waals surface area contributed by atoms with Crippen LogP contribution in [-0.2, 0) is 9.53 Å². The summed E-state index contributed by atoms with van der Waals surface area (Å²) in [6, 6.07) is 14.2. The zero-order valence-electron chi connectivity index (χ0n) is 17.1. The third-order valence-electron chi connectivity index (χ3n) is 4.60. The molecule has 6 nitrogen and oxygen atoms in total. The molecule has 0 radical (unpaired) electrons. The number of allylic oxidation sites excluding steroid dienone is 1. The first-order chi connectivity index (χ1) is 13.9. The van der Waals surface area contributed by atoms with Crippen LogP contribution in [0.2, 0.25) is 0 Å². The van der Waals surface area contributed by atoms with Crippen molar-refractivity contribution >= 4 is 12.0 Å². The van der Waals surface area contributed by atoms with E-state index in [0.29, 0.717) is 23.4 Å². The number of rotatable bonds is 6. The van der Waals surface area contributed by atoms with Crippen molar-refractivity contribution < 1.29 is 19.1 Å². The highest BCUT2D eigenvalue weighted by molar-refractivity contribution is 5.95. The molecule has 1 unspecified atom stereocenters. The predicted octanol–water partition coefficient (Wildman–Crippen LogP) is 4.76. The second-order valence-electron chi connectivity index (χ2n) is 7.17. The van der Waals surface area contributed by atoms with Crippen LogP contribution in [0.3, 0.4) is 0 Å². The SMILES string of the molecule is CCC1=C(C(=O)OC(C)C)C(c2ccc(Oc3ccccc3C)cc2)NC(=O)N1. The zero-order valence-corrected chi connectivity index (χ0v) is 17.1. The van der Waals surface area contributed by atoms with E-state index in [1.54, 1.807) is 13.8 Å². The monoisotopic (exact) mass is 394 g/mol. The first-order valence-corrected chi connectivity index (χ1v) is 9.74. The molecule has 0 aromatic heterocycles. The van der Waals surface area contributed by atoms with Crippen molar-refractivity contribution in [1.29, 1.82) is 0 Å². The second-order valence-corrected chi connectivity index (χ2v) is 7.17. The lowest BCUT2D eigenvalue weighted by molar-refractivity contribution is -0.143. The van der Waals surface area contributed by atoms with Gasteiger partial charge in [0.1, 0.15) is 11.5 Å². The average Bonchev–Trinajstić information content (AvgIpc) is 2.69. The lowest BCUT2D eigenvalue weighted by atomic mass is 9.94. The van der Waals surface area contributed by atoms with Crippen molar-refractivity contribution in [3.63, 3.8) is 0 Å². The molecule has 0 spiro atoms. The molecule has 2 aromatic rings. The quantitative estimate of drug-likeness (QED) is 0.693. The summed E-state index contributed by atoms with van der Waals surface area (Å²) >= 11 is 0. The van der Waals surface area contributed by atoms with Crippen molar-refractivity contribution in [3.8, 4) is 11.5 Å². The molecule has 3 rings (SSSR count). The van der Waals surface area contributed by atoms with Gasteiger partial charge in [0.05, 0.1) is 17.7 Å². The third kappa shape index (κ3) is 4.77. The van der Waals surface area contributed by atoms with E-state index in [2.05, 4.69) is 10.6 Å². The molecule has 1 heterocycles. The Morgan fingerprint density at radius 1 is 1.10 bits per heavy atom. The second kappa shape index (κ2) is 8.82. The highest BCUT2D eigenvalue weighted by Gasteiger charge is 2.33. The smallest absolute Gasteiger partial charge is 0.338 e. The van der Waals surface area contributed by atoms with Gasteiger partial charge in [-0.2, -0.15) is 0 Å². The molecule has 152 valence electrons. The summed E-state index contributed by atoms with van der Waals surface area (Å²) in [4.78, 5) is 24.8. The van der Waals surface area contributed by atoms with E-state index in [-0.39, 0.29) is 12.1 Å². The number of para-hydroxylation sites is 1. The van der Waals surface area contributed by atoms with Crippen LogP contribution < -0.4 is 15.4 Å². The van der Waals surface area contributed by atoms with Crippen LogP contribution in [0, 0.1) is 6.92 Å². The number of urea groups is 1. The number of benzene rings is 2. The van der Waals surface area contributed by atoms with E-state index in [1.807, 2.05) is 62.4 Å². The van der Waals surface area contributed by atoms with Crippen LogP contribution in [0.15, 0.2) is 59.8 Å². The molecule has 0 saturated carbocycles. The van der Waals surface area contributed by atoms with Gasteiger partial charge in [0, 0.05) is 5.70 Å². The number of esters is 1. The summed E-state index contributed by atoms with van der Waals surface area (Å²) in [6.07, 6.45) is 0.261. The molecule has 1 aliphatic heterocycles. The molecule has 0 aliphatic carbocycles. The third-order valence-corrected chi connectivity index (χ3v) is 4.60. The molecular formula is C23H26N2O4. The van der Waals surface area contributed by atoms with Gasteiger partial charge in [-0.1, -0.05) is 37.3 Å².